The number of nitrogens with zero attached hydrogens (tertiary/aromatic N) is 1. The summed E-state index contributed by atoms with van der Waals surface area (Å²) in [6.07, 6.45) is 39.7. The lowest BCUT2D eigenvalue weighted by Gasteiger charge is -2.21. The summed E-state index contributed by atoms with van der Waals surface area (Å²) in [5.41, 5.74) is 0. The lowest BCUT2D eigenvalue weighted by molar-refractivity contribution is -0.864. The average Bonchev–Trinajstić information content (AvgIpc) is 2.75. The van der Waals surface area contributed by atoms with Crippen LogP contribution in [0.2, 0.25) is 0 Å². The van der Waals surface area contributed by atoms with Crippen molar-refractivity contribution in [3.05, 3.63) is 12.2 Å². The molecule has 0 aromatic heterocycles. The molecule has 0 unspecified atom stereocenters. The Morgan fingerprint density at radius 1 is 0.394 bits per heavy atom. The minimum atomic E-state index is 0. The highest BCUT2D eigenvalue weighted by Gasteiger charge is 2.01. The molecule has 0 saturated heterocycles. The Bertz CT molecular complexity index is 372. The maximum absolute atomic E-state index is 2.39. The maximum atomic E-state index is 2.39. The van der Waals surface area contributed by atoms with Crippen LogP contribution in [0, 0.1) is 0 Å². The second kappa shape index (κ2) is 28.2. The molecule has 0 amide bonds. The summed E-state index contributed by atoms with van der Waals surface area (Å²) < 4.78 is 1.04. The number of halogens is 1. The average molecular weight is 486 g/mol. The molecule has 0 heterocycles. The van der Waals surface area contributed by atoms with E-state index in [2.05, 4.69) is 40.2 Å². The molecule has 0 aromatic carbocycles. The van der Waals surface area contributed by atoms with Crippen molar-refractivity contribution in [3.8, 4) is 0 Å². The predicted molar refractivity (Wildman–Crippen MR) is 149 cm³/mol. The SMILES string of the molecule is CCCCCCCCCCCCCCCCCCCCCCCCCC=CC[N+](C)(C)C.[Cl-]. The highest BCUT2D eigenvalue weighted by atomic mass is 35.5. The van der Waals surface area contributed by atoms with E-state index in [4.69, 9.17) is 0 Å². The molecule has 2 heteroatoms. The maximum Gasteiger partial charge on any atom is 0.0967 e. The molecule has 0 saturated carbocycles. The molecular formula is C31H64ClN. The van der Waals surface area contributed by atoms with Crippen LogP contribution in [0.25, 0.3) is 0 Å². The van der Waals surface area contributed by atoms with Gasteiger partial charge in [-0.25, -0.2) is 0 Å². The number of rotatable bonds is 26. The van der Waals surface area contributed by atoms with Crippen molar-refractivity contribution in [2.75, 3.05) is 27.7 Å². The molecule has 0 aliphatic carbocycles. The summed E-state index contributed by atoms with van der Waals surface area (Å²) in [5, 5.41) is 0. The molecular weight excluding hydrogens is 422 g/mol. The highest BCUT2D eigenvalue weighted by molar-refractivity contribution is 4.81. The summed E-state index contributed by atoms with van der Waals surface area (Å²) in [4.78, 5) is 0. The van der Waals surface area contributed by atoms with Gasteiger partial charge in [-0.3, -0.25) is 0 Å². The predicted octanol–water partition coefficient (Wildman–Crippen LogP) is 7.64. The van der Waals surface area contributed by atoms with Gasteiger partial charge in [0.2, 0.25) is 0 Å². The molecule has 33 heavy (non-hydrogen) atoms. The fourth-order valence-electron chi connectivity index (χ4n) is 4.56. The first kappa shape index (κ1) is 35.2. The Morgan fingerprint density at radius 2 is 0.667 bits per heavy atom. The highest BCUT2D eigenvalue weighted by Crippen LogP contribution is 2.15. The Morgan fingerprint density at radius 3 is 0.939 bits per heavy atom. The fraction of sp³-hybridized carbons (Fsp3) is 0.935. The van der Waals surface area contributed by atoms with E-state index < -0.39 is 0 Å². The molecule has 0 atom stereocenters. The summed E-state index contributed by atoms with van der Waals surface area (Å²) in [6, 6.07) is 0. The molecule has 0 fully saturated rings. The fourth-order valence-corrected chi connectivity index (χ4v) is 4.56. The van der Waals surface area contributed by atoms with Crippen LogP contribution in [0.4, 0.5) is 0 Å². The van der Waals surface area contributed by atoms with E-state index in [1.165, 1.54) is 154 Å². The summed E-state index contributed by atoms with van der Waals surface area (Å²) in [7, 11) is 6.76. The van der Waals surface area contributed by atoms with Crippen molar-refractivity contribution in [3.63, 3.8) is 0 Å². The second-order valence-corrected chi connectivity index (χ2v) is 11.5. The monoisotopic (exact) mass is 485 g/mol. The van der Waals surface area contributed by atoms with Gasteiger partial charge in [-0.15, -0.1) is 0 Å². The van der Waals surface area contributed by atoms with E-state index in [1.807, 2.05) is 0 Å². The van der Waals surface area contributed by atoms with E-state index in [1.54, 1.807) is 0 Å². The van der Waals surface area contributed by atoms with Crippen LogP contribution in [0.15, 0.2) is 12.2 Å². The Hall–Kier alpha value is -0.0100. The van der Waals surface area contributed by atoms with E-state index in [0.717, 1.165) is 11.0 Å². The van der Waals surface area contributed by atoms with Crippen molar-refractivity contribution >= 4 is 0 Å². The van der Waals surface area contributed by atoms with Crippen LogP contribution in [0.1, 0.15) is 161 Å². The lowest BCUT2D eigenvalue weighted by Crippen LogP contribution is -3.00. The van der Waals surface area contributed by atoms with E-state index in [9.17, 15) is 0 Å². The minimum Gasteiger partial charge on any atom is -1.00 e. The number of allylic oxidation sites excluding steroid dienone is 1. The minimum absolute atomic E-state index is 0. The zero-order valence-corrected chi connectivity index (χ0v) is 24.4. The lowest BCUT2D eigenvalue weighted by atomic mass is 10.0. The Labute approximate surface area is 217 Å². The summed E-state index contributed by atoms with van der Waals surface area (Å²) in [6.45, 7) is 3.46. The van der Waals surface area contributed by atoms with Crippen LogP contribution < -0.4 is 12.4 Å². The summed E-state index contributed by atoms with van der Waals surface area (Å²) in [5.74, 6) is 0. The first-order valence-corrected chi connectivity index (χ1v) is 15.0. The van der Waals surface area contributed by atoms with Crippen molar-refractivity contribution in [1.29, 1.82) is 0 Å². The van der Waals surface area contributed by atoms with Gasteiger partial charge in [-0.05, 0) is 18.9 Å². The molecule has 0 spiro atoms. The number of hydrogen-bond donors (Lipinski definition) is 0. The molecule has 0 radical (unpaired) electrons. The first-order chi connectivity index (χ1) is 15.6. The molecule has 0 aliphatic heterocycles. The van der Waals surface area contributed by atoms with E-state index in [0.29, 0.717) is 0 Å². The van der Waals surface area contributed by atoms with E-state index >= 15 is 0 Å². The van der Waals surface area contributed by atoms with Crippen molar-refractivity contribution < 1.29 is 16.9 Å². The zero-order chi connectivity index (χ0) is 23.6. The van der Waals surface area contributed by atoms with Gasteiger partial charge >= 0.3 is 0 Å². The van der Waals surface area contributed by atoms with Crippen molar-refractivity contribution in [1.82, 2.24) is 0 Å². The van der Waals surface area contributed by atoms with Crippen molar-refractivity contribution in [2.24, 2.45) is 0 Å². The first-order valence-electron chi connectivity index (χ1n) is 15.0. The number of hydrogen-bond acceptors (Lipinski definition) is 0. The number of unbranched alkanes of at least 4 members (excludes halogenated alkanes) is 23. The van der Waals surface area contributed by atoms with Gasteiger partial charge in [-0.1, -0.05) is 154 Å². The van der Waals surface area contributed by atoms with Gasteiger partial charge in [0.15, 0.2) is 0 Å². The smallest absolute Gasteiger partial charge is 0.0967 e. The number of likely N-dealkylation sites (N-methyl/N-ethyl adjacent to an activating group) is 1. The van der Waals surface area contributed by atoms with Gasteiger partial charge in [-0.2, -0.15) is 0 Å². The molecule has 0 bridgehead atoms. The Kier molecular flexibility index (Phi) is 30.1. The third-order valence-corrected chi connectivity index (χ3v) is 6.79. The van der Waals surface area contributed by atoms with Crippen LogP contribution in [-0.2, 0) is 0 Å². The van der Waals surface area contributed by atoms with Gasteiger partial charge in [0, 0.05) is 0 Å². The van der Waals surface area contributed by atoms with Crippen molar-refractivity contribution in [2.45, 2.75) is 161 Å². The van der Waals surface area contributed by atoms with Gasteiger partial charge < -0.3 is 16.9 Å². The quantitative estimate of drug-likeness (QED) is 0.0670. The van der Waals surface area contributed by atoms with Gasteiger partial charge in [0.25, 0.3) is 0 Å². The molecule has 1 nitrogen and oxygen atoms in total. The number of quaternary nitrogens is 1. The largest absolute Gasteiger partial charge is 1.00 e. The topological polar surface area (TPSA) is 0 Å². The third kappa shape index (κ3) is 34.2. The van der Waals surface area contributed by atoms with Gasteiger partial charge in [0.1, 0.15) is 0 Å². The molecule has 0 N–H and O–H groups in total. The molecule has 0 aliphatic rings. The zero-order valence-electron chi connectivity index (χ0n) is 23.7. The van der Waals surface area contributed by atoms with Crippen LogP contribution >= 0.6 is 0 Å². The standard InChI is InChI=1S/C31H64N.ClH/c1-5-6-7-8-9-10-11-12-13-14-15-16-17-18-19-20-21-22-23-24-25-26-27-28-29-30-31-32(2,3)4;/h29-30H,5-28,31H2,1-4H3;1H/q+1;/p-1. The van der Waals surface area contributed by atoms with Crippen LogP contribution in [0.5, 0.6) is 0 Å². The molecule has 0 rings (SSSR count). The van der Waals surface area contributed by atoms with Crippen LogP contribution in [0.3, 0.4) is 0 Å². The second-order valence-electron chi connectivity index (χ2n) is 11.5. The van der Waals surface area contributed by atoms with E-state index in [-0.39, 0.29) is 12.4 Å². The third-order valence-electron chi connectivity index (χ3n) is 6.79. The molecule has 0 aromatic rings. The van der Waals surface area contributed by atoms with Gasteiger partial charge in [0.05, 0.1) is 27.7 Å². The molecule has 200 valence electrons. The normalized spacial score (nSPS) is 11.9. The Balaban J connectivity index is 0. The summed E-state index contributed by atoms with van der Waals surface area (Å²) >= 11 is 0. The van der Waals surface area contributed by atoms with Crippen LogP contribution in [-0.4, -0.2) is 32.2 Å².